The lowest BCUT2D eigenvalue weighted by Gasteiger charge is -2.29. The molecule has 3 rings (SSSR count). The van der Waals surface area contributed by atoms with Crippen LogP contribution in [0.2, 0.25) is 0 Å². The minimum absolute atomic E-state index is 0.133. The lowest BCUT2D eigenvalue weighted by molar-refractivity contribution is 0.0910. The van der Waals surface area contributed by atoms with Crippen LogP contribution in [0.15, 0.2) is 53.4 Å². The summed E-state index contributed by atoms with van der Waals surface area (Å²) >= 11 is 0. The Morgan fingerprint density at radius 2 is 1.67 bits per heavy atom. The summed E-state index contributed by atoms with van der Waals surface area (Å²) in [5.74, 6) is 0.324. The summed E-state index contributed by atoms with van der Waals surface area (Å²) < 4.78 is 27.8. The second-order valence-electron chi connectivity index (χ2n) is 7.29. The monoisotopic (exact) mass is 386 g/mol. The van der Waals surface area contributed by atoms with E-state index >= 15 is 0 Å². The molecule has 1 saturated carbocycles. The minimum Gasteiger partial charge on any atom is -0.349 e. The first-order chi connectivity index (χ1) is 12.9. The molecule has 0 aliphatic heterocycles. The van der Waals surface area contributed by atoms with E-state index in [1.165, 1.54) is 18.6 Å². The molecular formula is C21H26N2O3S. The second-order valence-corrected chi connectivity index (χ2v) is 8.97. The Labute approximate surface area is 161 Å². The van der Waals surface area contributed by atoms with Crippen molar-refractivity contribution in [3.63, 3.8) is 0 Å². The van der Waals surface area contributed by atoms with Crippen LogP contribution >= 0.6 is 0 Å². The second kappa shape index (κ2) is 8.13. The van der Waals surface area contributed by atoms with E-state index in [1.807, 2.05) is 19.1 Å². The van der Waals surface area contributed by atoms with E-state index in [0.29, 0.717) is 17.2 Å². The third-order valence-electron chi connectivity index (χ3n) is 5.24. The summed E-state index contributed by atoms with van der Waals surface area (Å²) in [4.78, 5) is 12.6. The third-order valence-corrected chi connectivity index (χ3v) is 6.63. The smallest absolute Gasteiger partial charge is 0.261 e. The Morgan fingerprint density at radius 3 is 2.33 bits per heavy atom. The van der Waals surface area contributed by atoms with Crippen LogP contribution in [0.25, 0.3) is 0 Å². The van der Waals surface area contributed by atoms with E-state index in [0.717, 1.165) is 24.8 Å². The molecule has 1 aliphatic rings. The molecule has 0 bridgehead atoms. The van der Waals surface area contributed by atoms with Crippen molar-refractivity contribution in [3.05, 3.63) is 59.7 Å². The van der Waals surface area contributed by atoms with Crippen molar-refractivity contribution >= 4 is 21.6 Å². The summed E-state index contributed by atoms with van der Waals surface area (Å²) in [5.41, 5.74) is 1.87. The maximum Gasteiger partial charge on any atom is 0.261 e. The molecule has 1 aliphatic carbocycles. The molecule has 0 radical (unpaired) electrons. The van der Waals surface area contributed by atoms with Crippen molar-refractivity contribution in [1.29, 1.82) is 0 Å². The number of para-hydroxylation sites is 1. The molecule has 144 valence electrons. The molecule has 0 saturated heterocycles. The average Bonchev–Trinajstić information content (AvgIpc) is 2.65. The number of rotatable bonds is 5. The Hall–Kier alpha value is -2.34. The van der Waals surface area contributed by atoms with Crippen LogP contribution in [0, 0.1) is 12.8 Å². The van der Waals surface area contributed by atoms with Gasteiger partial charge in [-0.15, -0.1) is 0 Å². The van der Waals surface area contributed by atoms with Crippen LogP contribution in [0.5, 0.6) is 0 Å². The zero-order valence-corrected chi connectivity index (χ0v) is 16.6. The molecule has 0 spiro atoms. The maximum atomic E-state index is 12.6. The van der Waals surface area contributed by atoms with Crippen LogP contribution in [0.1, 0.15) is 48.5 Å². The predicted molar refractivity (Wildman–Crippen MR) is 107 cm³/mol. The van der Waals surface area contributed by atoms with Crippen LogP contribution in [-0.4, -0.2) is 20.4 Å². The fourth-order valence-electron chi connectivity index (χ4n) is 3.46. The van der Waals surface area contributed by atoms with E-state index in [-0.39, 0.29) is 16.8 Å². The van der Waals surface area contributed by atoms with Gasteiger partial charge in [0.15, 0.2) is 0 Å². The molecule has 2 aromatic carbocycles. The number of aryl methyl sites for hydroxylation is 1. The number of carbonyl (C=O) groups excluding carboxylic acids is 1. The van der Waals surface area contributed by atoms with Gasteiger partial charge in [0.25, 0.3) is 15.9 Å². The number of amides is 1. The molecule has 27 heavy (non-hydrogen) atoms. The van der Waals surface area contributed by atoms with Crippen molar-refractivity contribution in [2.45, 2.75) is 50.5 Å². The van der Waals surface area contributed by atoms with Gasteiger partial charge in [0.1, 0.15) is 0 Å². The molecule has 5 nitrogen and oxygen atoms in total. The Kier molecular flexibility index (Phi) is 5.85. The Bertz CT molecular complexity index is 907. The van der Waals surface area contributed by atoms with Crippen LogP contribution < -0.4 is 10.0 Å². The number of hydrogen-bond acceptors (Lipinski definition) is 3. The highest BCUT2D eigenvalue weighted by molar-refractivity contribution is 7.92. The lowest BCUT2D eigenvalue weighted by Crippen LogP contribution is -2.41. The Balaban J connectivity index is 1.70. The van der Waals surface area contributed by atoms with Crippen molar-refractivity contribution in [2.75, 3.05) is 4.72 Å². The van der Waals surface area contributed by atoms with Gasteiger partial charge in [-0.05, 0) is 61.6 Å². The number of benzene rings is 2. The van der Waals surface area contributed by atoms with Gasteiger partial charge in [0.2, 0.25) is 0 Å². The number of carbonyl (C=O) groups is 1. The summed E-state index contributed by atoms with van der Waals surface area (Å²) in [6.45, 7) is 4.01. The summed E-state index contributed by atoms with van der Waals surface area (Å²) in [5, 5.41) is 3.09. The third kappa shape index (κ3) is 4.69. The minimum atomic E-state index is -3.70. The number of nitrogens with one attached hydrogen (secondary N) is 2. The number of sulfonamides is 1. The van der Waals surface area contributed by atoms with E-state index in [4.69, 9.17) is 0 Å². The normalized spacial score (nSPS) is 20.1. The van der Waals surface area contributed by atoms with Gasteiger partial charge >= 0.3 is 0 Å². The van der Waals surface area contributed by atoms with E-state index in [9.17, 15) is 13.2 Å². The van der Waals surface area contributed by atoms with Gasteiger partial charge in [-0.3, -0.25) is 9.52 Å². The lowest BCUT2D eigenvalue weighted by atomic mass is 9.86. The summed E-state index contributed by atoms with van der Waals surface area (Å²) in [6, 6.07) is 13.5. The highest BCUT2D eigenvalue weighted by atomic mass is 32.2. The molecule has 0 heterocycles. The van der Waals surface area contributed by atoms with E-state index < -0.39 is 10.0 Å². The molecule has 2 atom stereocenters. The molecule has 6 heteroatoms. The van der Waals surface area contributed by atoms with Gasteiger partial charge in [-0.25, -0.2) is 8.42 Å². The van der Waals surface area contributed by atoms with Crippen LogP contribution in [0.4, 0.5) is 5.69 Å². The fourth-order valence-corrected chi connectivity index (χ4v) is 4.59. The van der Waals surface area contributed by atoms with Gasteiger partial charge in [-0.2, -0.15) is 0 Å². The molecule has 2 N–H and O–H groups in total. The van der Waals surface area contributed by atoms with Crippen molar-refractivity contribution < 1.29 is 13.2 Å². The fraction of sp³-hybridized carbons (Fsp3) is 0.381. The first-order valence-electron chi connectivity index (χ1n) is 9.36. The first-order valence-corrected chi connectivity index (χ1v) is 10.8. The SMILES string of the molecule is Cc1ccccc1NS(=O)(=O)c1ccc(C(=O)N[C@@H]2CCCC[C@H]2C)cc1. The van der Waals surface area contributed by atoms with Gasteiger partial charge < -0.3 is 5.32 Å². The first kappa shape index (κ1) is 19.4. The molecular weight excluding hydrogens is 360 g/mol. The molecule has 1 fully saturated rings. The highest BCUT2D eigenvalue weighted by Crippen LogP contribution is 2.24. The average molecular weight is 387 g/mol. The standard InChI is InChI=1S/C21H26N2O3S/c1-15-7-3-5-9-19(15)22-21(24)17-11-13-18(14-12-17)27(25,26)23-20-10-6-4-8-16(20)2/h4,6,8,10-15,19,23H,3,5,7,9H2,1-2H3,(H,22,24)/t15-,19-/m1/s1. The zero-order valence-electron chi connectivity index (χ0n) is 15.7. The zero-order chi connectivity index (χ0) is 19.4. The predicted octanol–water partition coefficient (Wildman–Crippen LogP) is 4.10. The van der Waals surface area contributed by atoms with Crippen molar-refractivity contribution in [2.24, 2.45) is 5.92 Å². The molecule has 0 aromatic heterocycles. The van der Waals surface area contributed by atoms with E-state index in [2.05, 4.69) is 17.0 Å². The van der Waals surface area contributed by atoms with Gasteiger partial charge in [0.05, 0.1) is 10.6 Å². The maximum absolute atomic E-state index is 12.6. The molecule has 0 unspecified atom stereocenters. The molecule has 2 aromatic rings. The summed E-state index contributed by atoms with van der Waals surface area (Å²) in [7, 11) is -3.70. The Morgan fingerprint density at radius 1 is 1.00 bits per heavy atom. The highest BCUT2D eigenvalue weighted by Gasteiger charge is 2.23. The number of anilines is 1. The van der Waals surface area contributed by atoms with Crippen LogP contribution in [-0.2, 0) is 10.0 Å². The van der Waals surface area contributed by atoms with Gasteiger partial charge in [-0.1, -0.05) is 38.0 Å². The van der Waals surface area contributed by atoms with Gasteiger partial charge in [0, 0.05) is 11.6 Å². The van der Waals surface area contributed by atoms with E-state index in [1.54, 1.807) is 24.3 Å². The quantitative estimate of drug-likeness (QED) is 0.812. The van der Waals surface area contributed by atoms with Crippen molar-refractivity contribution in [1.82, 2.24) is 5.32 Å². The van der Waals surface area contributed by atoms with Crippen LogP contribution in [0.3, 0.4) is 0 Å². The topological polar surface area (TPSA) is 75.3 Å². The van der Waals surface area contributed by atoms with Crippen molar-refractivity contribution in [3.8, 4) is 0 Å². The molecule has 1 amide bonds. The largest absolute Gasteiger partial charge is 0.349 e. The summed E-state index contributed by atoms with van der Waals surface area (Å²) in [6.07, 6.45) is 4.48. The number of hydrogen-bond donors (Lipinski definition) is 2.